The van der Waals surface area contributed by atoms with Crippen LogP contribution in [0, 0.1) is 0 Å². The maximum atomic E-state index is 13.1. The van der Waals surface area contributed by atoms with Crippen molar-refractivity contribution in [3.63, 3.8) is 0 Å². The molecule has 1 aromatic rings. The first kappa shape index (κ1) is 15.6. The Bertz CT molecular complexity index is 476. The molecule has 0 aliphatic heterocycles. The van der Waals surface area contributed by atoms with E-state index in [0.29, 0.717) is 0 Å². The zero-order valence-corrected chi connectivity index (χ0v) is 11.1. The Morgan fingerprint density at radius 1 is 1.28 bits per heavy atom. The predicted octanol–water partition coefficient (Wildman–Crippen LogP) is 4.16. The Labute approximate surface area is 116 Å². The van der Waals surface area contributed by atoms with Gasteiger partial charge in [-0.3, -0.25) is 4.79 Å². The Morgan fingerprint density at radius 3 is 2.17 bits per heavy atom. The topological polar surface area (TPSA) is 26.3 Å². The van der Waals surface area contributed by atoms with Gasteiger partial charge in [0.25, 0.3) is 10.8 Å². The Balaban J connectivity index is 3.58. The predicted molar refractivity (Wildman–Crippen MR) is 62.1 cm³/mol. The van der Waals surface area contributed by atoms with Crippen LogP contribution < -0.4 is 0 Å². The molecule has 1 atom stereocenters. The van der Waals surface area contributed by atoms with Gasteiger partial charge in [-0.1, -0.05) is 29.3 Å². The number of methoxy groups -OCH3 is 1. The molecular formula is C10H6Cl3F3O2. The van der Waals surface area contributed by atoms with E-state index in [1.54, 1.807) is 0 Å². The number of hydrogen-bond donors (Lipinski definition) is 0. The van der Waals surface area contributed by atoms with Crippen LogP contribution >= 0.6 is 34.8 Å². The molecule has 2 nitrogen and oxygen atoms in total. The quantitative estimate of drug-likeness (QED) is 0.781. The Kier molecular flexibility index (Phi) is 4.54. The van der Waals surface area contributed by atoms with Gasteiger partial charge in [0, 0.05) is 22.7 Å². The number of rotatable bonds is 3. The van der Waals surface area contributed by atoms with Gasteiger partial charge < -0.3 is 4.74 Å². The second-order valence-electron chi connectivity index (χ2n) is 3.28. The third kappa shape index (κ3) is 2.45. The molecule has 0 saturated heterocycles. The van der Waals surface area contributed by atoms with E-state index in [2.05, 4.69) is 4.74 Å². The van der Waals surface area contributed by atoms with E-state index in [-0.39, 0.29) is 10.0 Å². The lowest BCUT2D eigenvalue weighted by Gasteiger charge is -2.31. The third-order valence-electron chi connectivity index (χ3n) is 2.29. The highest BCUT2D eigenvalue weighted by molar-refractivity contribution is 6.65. The van der Waals surface area contributed by atoms with E-state index in [4.69, 9.17) is 34.8 Å². The molecule has 100 valence electrons. The number of ether oxygens (including phenoxy) is 1. The van der Waals surface area contributed by atoms with Crippen LogP contribution in [0.4, 0.5) is 13.2 Å². The number of carbonyl (C=O) groups excluding carboxylic acids is 1. The summed E-state index contributed by atoms with van der Waals surface area (Å²) in [5, 5.41) is -1.98. The van der Waals surface area contributed by atoms with Crippen molar-refractivity contribution < 1.29 is 22.7 Å². The number of hydrogen-bond acceptors (Lipinski definition) is 2. The highest BCUT2D eigenvalue weighted by atomic mass is 35.5. The Morgan fingerprint density at radius 2 is 1.83 bits per heavy atom. The average Bonchev–Trinajstić information content (AvgIpc) is 2.19. The van der Waals surface area contributed by atoms with Crippen molar-refractivity contribution in [2.75, 3.05) is 7.11 Å². The minimum atomic E-state index is -5.06. The van der Waals surface area contributed by atoms with Gasteiger partial charge in [0.05, 0.1) is 0 Å². The van der Waals surface area contributed by atoms with Crippen LogP contribution in [0.3, 0.4) is 0 Å². The second kappa shape index (κ2) is 5.25. The van der Waals surface area contributed by atoms with Crippen LogP contribution in [-0.4, -0.2) is 18.5 Å². The molecule has 0 aliphatic rings. The van der Waals surface area contributed by atoms with Gasteiger partial charge in [-0.2, -0.15) is 13.2 Å². The van der Waals surface area contributed by atoms with E-state index < -0.39 is 22.6 Å². The molecule has 0 aliphatic carbocycles. The molecule has 0 spiro atoms. The molecule has 0 saturated carbocycles. The Hall–Kier alpha value is -0.490. The largest absolute Gasteiger partial charge is 0.430 e. The summed E-state index contributed by atoms with van der Waals surface area (Å²) < 4.78 is 43.5. The lowest BCUT2D eigenvalue weighted by atomic mass is 9.94. The van der Waals surface area contributed by atoms with E-state index in [1.165, 1.54) is 0 Å². The highest BCUT2D eigenvalue weighted by Gasteiger charge is 2.62. The zero-order chi connectivity index (χ0) is 14.1. The first-order valence-electron chi connectivity index (χ1n) is 4.44. The van der Waals surface area contributed by atoms with Crippen molar-refractivity contribution in [1.82, 2.24) is 0 Å². The summed E-state index contributed by atoms with van der Waals surface area (Å²) in [7, 11) is 0.721. The number of carbonyl (C=O) groups is 1. The molecule has 0 aromatic heterocycles. The van der Waals surface area contributed by atoms with E-state index in [1.807, 2.05) is 0 Å². The third-order valence-corrected chi connectivity index (χ3v) is 3.11. The van der Waals surface area contributed by atoms with Gasteiger partial charge in [0.2, 0.25) is 0 Å². The number of benzene rings is 1. The number of halogens is 6. The summed E-state index contributed by atoms with van der Waals surface area (Å²) in [4.78, 5) is 11.2. The molecule has 18 heavy (non-hydrogen) atoms. The van der Waals surface area contributed by atoms with E-state index >= 15 is 0 Å². The first-order chi connectivity index (χ1) is 8.16. The summed E-state index contributed by atoms with van der Waals surface area (Å²) >= 11 is 16.3. The van der Waals surface area contributed by atoms with Crippen molar-refractivity contribution in [3.8, 4) is 0 Å². The van der Waals surface area contributed by atoms with Crippen LogP contribution in [-0.2, 0) is 15.1 Å². The maximum absolute atomic E-state index is 13.1. The monoisotopic (exact) mass is 320 g/mol. The highest BCUT2D eigenvalue weighted by Crippen LogP contribution is 2.46. The van der Waals surface area contributed by atoms with Gasteiger partial charge in [-0.05, 0) is 23.7 Å². The van der Waals surface area contributed by atoms with Crippen LogP contribution in [0.25, 0.3) is 0 Å². The smallest absolute Gasteiger partial charge is 0.357 e. The summed E-state index contributed by atoms with van der Waals surface area (Å²) in [6.45, 7) is 0. The summed E-state index contributed by atoms with van der Waals surface area (Å²) in [5.41, 5.74) is -3.92. The molecule has 0 radical (unpaired) electrons. The lowest BCUT2D eigenvalue weighted by molar-refractivity contribution is -0.260. The normalized spacial score (nSPS) is 15.3. The van der Waals surface area contributed by atoms with Crippen molar-refractivity contribution in [3.05, 3.63) is 33.8 Å². The fourth-order valence-corrected chi connectivity index (χ4v) is 2.28. The lowest BCUT2D eigenvalue weighted by Crippen LogP contribution is -2.49. The average molecular weight is 322 g/mol. The fourth-order valence-electron chi connectivity index (χ4n) is 1.45. The van der Waals surface area contributed by atoms with Gasteiger partial charge in [-0.15, -0.1) is 0 Å². The van der Waals surface area contributed by atoms with Crippen molar-refractivity contribution in [1.29, 1.82) is 0 Å². The van der Waals surface area contributed by atoms with Crippen LogP contribution in [0.15, 0.2) is 18.2 Å². The van der Waals surface area contributed by atoms with Crippen LogP contribution in [0.1, 0.15) is 5.56 Å². The fraction of sp³-hybridized carbons (Fsp3) is 0.300. The molecule has 1 unspecified atom stereocenters. The summed E-state index contributed by atoms with van der Waals surface area (Å²) in [6.07, 6.45) is -5.06. The standard InChI is InChI=1S/C10H6Cl3F3O2/c1-18-9(8(13)17,10(14,15)16)6-3-2-5(11)4-7(6)12/h2-4H,1H3. The minimum absolute atomic E-state index is 0.123. The molecule has 0 N–H and O–H groups in total. The van der Waals surface area contributed by atoms with Gasteiger partial charge in [-0.25, -0.2) is 0 Å². The molecule has 1 aromatic carbocycles. The zero-order valence-electron chi connectivity index (χ0n) is 8.82. The molecule has 0 bridgehead atoms. The van der Waals surface area contributed by atoms with Crippen LogP contribution in [0.5, 0.6) is 0 Å². The first-order valence-corrected chi connectivity index (χ1v) is 5.57. The molecule has 0 fully saturated rings. The van der Waals surface area contributed by atoms with E-state index in [9.17, 15) is 18.0 Å². The molecule has 0 heterocycles. The van der Waals surface area contributed by atoms with Crippen molar-refractivity contribution in [2.24, 2.45) is 0 Å². The molecule has 8 heteroatoms. The minimum Gasteiger partial charge on any atom is -0.357 e. The second-order valence-corrected chi connectivity index (χ2v) is 4.47. The van der Waals surface area contributed by atoms with Crippen LogP contribution in [0.2, 0.25) is 10.0 Å². The maximum Gasteiger partial charge on any atom is 0.430 e. The SMILES string of the molecule is COC(C(=O)Cl)(c1ccc(Cl)cc1Cl)C(F)(F)F. The summed E-state index contributed by atoms with van der Waals surface area (Å²) in [6, 6.07) is 3.17. The van der Waals surface area contributed by atoms with Gasteiger partial charge in [0.15, 0.2) is 0 Å². The molecule has 0 amide bonds. The summed E-state index contributed by atoms with van der Waals surface area (Å²) in [5.74, 6) is 0. The van der Waals surface area contributed by atoms with Gasteiger partial charge in [0.1, 0.15) is 0 Å². The number of alkyl halides is 3. The van der Waals surface area contributed by atoms with Crippen molar-refractivity contribution in [2.45, 2.75) is 11.8 Å². The molecule has 1 rings (SSSR count). The van der Waals surface area contributed by atoms with Gasteiger partial charge >= 0.3 is 6.18 Å². The van der Waals surface area contributed by atoms with E-state index in [0.717, 1.165) is 25.3 Å². The van der Waals surface area contributed by atoms with Crippen molar-refractivity contribution >= 4 is 40.0 Å². The molecular weight excluding hydrogens is 315 g/mol.